The molecule has 1 rings (SSSR count). The molecular formula is C15H24BrNO2. The van der Waals surface area contributed by atoms with Gasteiger partial charge in [0.25, 0.3) is 0 Å². The summed E-state index contributed by atoms with van der Waals surface area (Å²) in [6.45, 7) is 7.93. The zero-order valence-corrected chi connectivity index (χ0v) is 13.8. The molecule has 1 N–H and O–H groups in total. The van der Waals surface area contributed by atoms with Crippen LogP contribution in [0.15, 0.2) is 22.7 Å². The second-order valence-corrected chi connectivity index (χ2v) is 5.66. The molecule has 0 aliphatic rings. The van der Waals surface area contributed by atoms with E-state index in [1.807, 2.05) is 19.1 Å². The molecule has 0 fully saturated rings. The van der Waals surface area contributed by atoms with Gasteiger partial charge in [0.15, 0.2) is 0 Å². The summed E-state index contributed by atoms with van der Waals surface area (Å²) in [5.74, 6) is 0.920. The van der Waals surface area contributed by atoms with Crippen LogP contribution in [0.2, 0.25) is 0 Å². The molecule has 0 spiro atoms. The number of methoxy groups -OCH3 is 1. The molecule has 108 valence electrons. The maximum atomic E-state index is 5.96. The van der Waals surface area contributed by atoms with Gasteiger partial charge in [-0.05, 0) is 45.0 Å². The van der Waals surface area contributed by atoms with E-state index in [9.17, 15) is 0 Å². The minimum absolute atomic E-state index is 0.0447. The van der Waals surface area contributed by atoms with Gasteiger partial charge in [0, 0.05) is 23.2 Å². The Kier molecular flexibility index (Phi) is 7.42. The van der Waals surface area contributed by atoms with Crippen LogP contribution in [0.1, 0.15) is 38.8 Å². The molecule has 19 heavy (non-hydrogen) atoms. The average molecular weight is 330 g/mol. The first-order valence-electron chi connectivity index (χ1n) is 6.76. The molecule has 0 aromatic heterocycles. The fourth-order valence-corrected chi connectivity index (χ4v) is 2.30. The monoisotopic (exact) mass is 329 g/mol. The van der Waals surface area contributed by atoms with E-state index in [1.165, 1.54) is 5.56 Å². The van der Waals surface area contributed by atoms with E-state index >= 15 is 0 Å². The SMILES string of the molecule is CCCNC(C)c1cc(Br)ccc1OC(C)COC. The Balaban J connectivity index is 2.84. The third kappa shape index (κ3) is 5.51. The predicted octanol–water partition coefficient (Wildman–Crippen LogP) is 3.92. The van der Waals surface area contributed by atoms with Gasteiger partial charge in [0.2, 0.25) is 0 Å². The van der Waals surface area contributed by atoms with Gasteiger partial charge in [-0.1, -0.05) is 22.9 Å². The molecule has 3 nitrogen and oxygen atoms in total. The van der Waals surface area contributed by atoms with E-state index in [2.05, 4.69) is 41.2 Å². The first-order chi connectivity index (χ1) is 9.08. The molecule has 0 radical (unpaired) electrons. The minimum atomic E-state index is 0.0447. The molecule has 0 aliphatic heterocycles. The standard InChI is InChI=1S/C15H24BrNO2/c1-5-8-17-12(3)14-9-13(16)6-7-15(14)19-11(2)10-18-4/h6-7,9,11-12,17H,5,8,10H2,1-4H3. The largest absolute Gasteiger partial charge is 0.488 e. The quantitative estimate of drug-likeness (QED) is 0.784. The van der Waals surface area contributed by atoms with E-state index in [1.54, 1.807) is 7.11 Å². The van der Waals surface area contributed by atoms with Gasteiger partial charge in [-0.25, -0.2) is 0 Å². The normalized spacial score (nSPS) is 14.2. The van der Waals surface area contributed by atoms with Gasteiger partial charge in [-0.15, -0.1) is 0 Å². The van der Waals surface area contributed by atoms with Crippen molar-refractivity contribution in [2.45, 2.75) is 39.3 Å². The van der Waals surface area contributed by atoms with Crippen LogP contribution in [0, 0.1) is 0 Å². The van der Waals surface area contributed by atoms with Crippen LogP contribution < -0.4 is 10.1 Å². The second-order valence-electron chi connectivity index (χ2n) is 4.74. The molecule has 0 saturated carbocycles. The van der Waals surface area contributed by atoms with Crippen molar-refractivity contribution in [3.05, 3.63) is 28.2 Å². The fraction of sp³-hybridized carbons (Fsp3) is 0.600. The molecule has 1 aromatic carbocycles. The zero-order chi connectivity index (χ0) is 14.3. The van der Waals surface area contributed by atoms with Gasteiger partial charge in [0.1, 0.15) is 11.9 Å². The summed E-state index contributed by atoms with van der Waals surface area (Å²) in [7, 11) is 1.69. The number of hydrogen-bond acceptors (Lipinski definition) is 3. The highest BCUT2D eigenvalue weighted by Crippen LogP contribution is 2.29. The van der Waals surface area contributed by atoms with Crippen LogP contribution in [0.3, 0.4) is 0 Å². The van der Waals surface area contributed by atoms with E-state index in [-0.39, 0.29) is 12.1 Å². The van der Waals surface area contributed by atoms with Gasteiger partial charge in [-0.2, -0.15) is 0 Å². The van der Waals surface area contributed by atoms with Crippen molar-refractivity contribution in [3.63, 3.8) is 0 Å². The highest BCUT2D eigenvalue weighted by Gasteiger charge is 2.14. The van der Waals surface area contributed by atoms with Crippen LogP contribution in [0.25, 0.3) is 0 Å². The van der Waals surface area contributed by atoms with E-state index in [0.717, 1.165) is 23.2 Å². The van der Waals surface area contributed by atoms with Gasteiger partial charge in [0.05, 0.1) is 6.61 Å². The number of hydrogen-bond donors (Lipinski definition) is 1. The zero-order valence-electron chi connectivity index (χ0n) is 12.2. The van der Waals surface area contributed by atoms with Crippen molar-refractivity contribution in [3.8, 4) is 5.75 Å². The van der Waals surface area contributed by atoms with Crippen LogP contribution in [0.4, 0.5) is 0 Å². The summed E-state index contributed by atoms with van der Waals surface area (Å²) in [6.07, 6.45) is 1.16. The number of rotatable bonds is 8. The predicted molar refractivity (Wildman–Crippen MR) is 82.8 cm³/mol. The lowest BCUT2D eigenvalue weighted by Gasteiger charge is -2.21. The smallest absolute Gasteiger partial charge is 0.124 e. The number of ether oxygens (including phenoxy) is 2. The Morgan fingerprint density at radius 3 is 2.68 bits per heavy atom. The topological polar surface area (TPSA) is 30.5 Å². The van der Waals surface area contributed by atoms with Crippen LogP contribution >= 0.6 is 15.9 Å². The fourth-order valence-electron chi connectivity index (χ4n) is 1.92. The van der Waals surface area contributed by atoms with Gasteiger partial charge >= 0.3 is 0 Å². The lowest BCUT2D eigenvalue weighted by atomic mass is 10.1. The van der Waals surface area contributed by atoms with Crippen LogP contribution in [-0.2, 0) is 4.74 Å². The summed E-state index contributed by atoms with van der Waals surface area (Å²) in [5, 5.41) is 3.49. The highest BCUT2D eigenvalue weighted by molar-refractivity contribution is 9.10. The summed E-state index contributed by atoms with van der Waals surface area (Å²) in [4.78, 5) is 0. The first kappa shape index (κ1) is 16.5. The van der Waals surface area contributed by atoms with Crippen molar-refractivity contribution in [1.29, 1.82) is 0 Å². The lowest BCUT2D eigenvalue weighted by Crippen LogP contribution is -2.22. The lowest BCUT2D eigenvalue weighted by molar-refractivity contribution is 0.0910. The molecule has 0 aliphatic carbocycles. The highest BCUT2D eigenvalue weighted by atomic mass is 79.9. The molecule has 0 saturated heterocycles. The van der Waals surface area contributed by atoms with E-state index in [4.69, 9.17) is 9.47 Å². The van der Waals surface area contributed by atoms with Gasteiger partial charge in [-0.3, -0.25) is 0 Å². The maximum absolute atomic E-state index is 5.96. The molecule has 4 heteroatoms. The average Bonchev–Trinajstić information content (AvgIpc) is 2.38. The van der Waals surface area contributed by atoms with Gasteiger partial charge < -0.3 is 14.8 Å². The van der Waals surface area contributed by atoms with Crippen LogP contribution in [-0.4, -0.2) is 26.4 Å². The molecular weight excluding hydrogens is 306 g/mol. The minimum Gasteiger partial charge on any atom is -0.488 e. The molecule has 0 amide bonds. The van der Waals surface area contributed by atoms with Crippen molar-refractivity contribution in [2.75, 3.05) is 20.3 Å². The number of halogens is 1. The molecule has 0 heterocycles. The maximum Gasteiger partial charge on any atom is 0.124 e. The second kappa shape index (κ2) is 8.56. The van der Waals surface area contributed by atoms with Crippen molar-refractivity contribution in [2.24, 2.45) is 0 Å². The summed E-state index contributed by atoms with van der Waals surface area (Å²) < 4.78 is 12.1. The van der Waals surface area contributed by atoms with E-state index < -0.39 is 0 Å². The number of benzene rings is 1. The van der Waals surface area contributed by atoms with Crippen molar-refractivity contribution >= 4 is 15.9 Å². The van der Waals surface area contributed by atoms with Crippen molar-refractivity contribution in [1.82, 2.24) is 5.32 Å². The Hall–Kier alpha value is -0.580. The molecule has 2 atom stereocenters. The van der Waals surface area contributed by atoms with Crippen molar-refractivity contribution < 1.29 is 9.47 Å². The Morgan fingerprint density at radius 1 is 1.32 bits per heavy atom. The molecule has 0 bridgehead atoms. The van der Waals surface area contributed by atoms with Crippen LogP contribution in [0.5, 0.6) is 5.75 Å². The summed E-state index contributed by atoms with van der Waals surface area (Å²) in [5.41, 5.74) is 1.17. The third-order valence-electron chi connectivity index (χ3n) is 2.87. The Labute approximate surface area is 124 Å². The summed E-state index contributed by atoms with van der Waals surface area (Å²) >= 11 is 3.52. The Bertz CT molecular complexity index is 384. The molecule has 2 unspecified atom stereocenters. The first-order valence-corrected chi connectivity index (χ1v) is 7.56. The van der Waals surface area contributed by atoms with E-state index in [0.29, 0.717) is 6.61 Å². The summed E-state index contributed by atoms with van der Waals surface area (Å²) in [6, 6.07) is 6.39. The Morgan fingerprint density at radius 2 is 2.05 bits per heavy atom. The molecule has 1 aromatic rings. The number of nitrogens with one attached hydrogen (secondary N) is 1. The third-order valence-corrected chi connectivity index (χ3v) is 3.36.